The minimum Gasteiger partial charge on any atom is -0.0846 e. The lowest BCUT2D eigenvalue weighted by Crippen LogP contribution is -2.05. The maximum Gasteiger partial charge on any atom is 0.139 e. The molecule has 0 fully saturated rings. The monoisotopic (exact) mass is 138 g/mol. The van der Waals surface area contributed by atoms with Crippen molar-refractivity contribution >= 4 is 24.9 Å². The Labute approximate surface area is 61.3 Å². The summed E-state index contributed by atoms with van der Waals surface area (Å²) in [7, 11) is 2.06. The molecule has 0 aliphatic carbocycles. The molecule has 0 aliphatic rings. The topological polar surface area (TPSA) is 0 Å². The fraction of sp³-hybridized carbons (Fsp3) is 0.143. The second-order valence-electron chi connectivity index (χ2n) is 2.18. The van der Waals surface area contributed by atoms with Gasteiger partial charge in [0.2, 0.25) is 0 Å². The first-order valence-electron chi connectivity index (χ1n) is 2.93. The summed E-state index contributed by atoms with van der Waals surface area (Å²) >= 11 is 5.81. The molecule has 0 atom stereocenters. The molecule has 1 aromatic carbocycles. The Morgan fingerprint density at radius 3 is 2.56 bits per heavy atom. The Hall–Kier alpha value is -0.425. The van der Waals surface area contributed by atoms with Crippen molar-refractivity contribution in [2.45, 2.75) is 6.92 Å². The Kier molecular flexibility index (Phi) is 1.82. The molecule has 0 saturated carbocycles. The molecule has 0 N–H and O–H groups in total. The Morgan fingerprint density at radius 1 is 1.44 bits per heavy atom. The van der Waals surface area contributed by atoms with E-state index >= 15 is 0 Å². The molecule has 2 heteroatoms. The molecule has 46 valence electrons. The smallest absolute Gasteiger partial charge is 0.0846 e. The minimum absolute atomic E-state index is 0.856. The van der Waals surface area contributed by atoms with Gasteiger partial charge < -0.3 is 0 Å². The second-order valence-corrected chi connectivity index (χ2v) is 2.59. The maximum absolute atomic E-state index is 5.81. The maximum atomic E-state index is 5.81. The number of benzene rings is 1. The third kappa shape index (κ3) is 1.28. The summed E-state index contributed by atoms with van der Waals surface area (Å²) in [6.07, 6.45) is 0. The van der Waals surface area contributed by atoms with E-state index < -0.39 is 0 Å². The second kappa shape index (κ2) is 2.44. The molecule has 0 amide bonds. The van der Waals surface area contributed by atoms with Crippen molar-refractivity contribution in [1.29, 1.82) is 0 Å². The van der Waals surface area contributed by atoms with Gasteiger partial charge in [0.25, 0.3) is 0 Å². The fourth-order valence-electron chi connectivity index (χ4n) is 0.715. The first-order chi connectivity index (χ1) is 4.22. The average Bonchev–Trinajstić information content (AvgIpc) is 1.83. The number of rotatable bonds is 0. The van der Waals surface area contributed by atoms with Crippen molar-refractivity contribution in [3.63, 3.8) is 0 Å². The molecule has 1 rings (SSSR count). The van der Waals surface area contributed by atoms with Gasteiger partial charge in [-0.25, -0.2) is 0 Å². The van der Waals surface area contributed by atoms with Gasteiger partial charge in [0.05, 0.1) is 0 Å². The van der Waals surface area contributed by atoms with Gasteiger partial charge in [-0.1, -0.05) is 29.2 Å². The molecule has 0 nitrogen and oxygen atoms in total. The molecule has 9 heavy (non-hydrogen) atoms. The molecule has 0 aliphatic heterocycles. The van der Waals surface area contributed by atoms with E-state index in [9.17, 15) is 0 Å². The van der Waals surface area contributed by atoms with E-state index in [1.807, 2.05) is 19.1 Å². The van der Waals surface area contributed by atoms with Crippen LogP contribution in [0.1, 0.15) is 5.56 Å². The lowest BCUT2D eigenvalue weighted by atomic mass is 9.92. The Bertz CT molecular complexity index is 200. The van der Waals surface area contributed by atoms with Crippen molar-refractivity contribution in [2.75, 3.05) is 0 Å². The lowest BCUT2D eigenvalue weighted by molar-refractivity contribution is 1.52. The van der Waals surface area contributed by atoms with Gasteiger partial charge in [0, 0.05) is 5.02 Å². The average molecular weight is 138 g/mol. The van der Waals surface area contributed by atoms with Crippen molar-refractivity contribution in [3.05, 3.63) is 28.8 Å². The van der Waals surface area contributed by atoms with E-state index in [-0.39, 0.29) is 0 Å². The molecule has 0 radical (unpaired) electrons. The first kappa shape index (κ1) is 6.69. The minimum atomic E-state index is 0.856. The molecule has 0 heterocycles. The Morgan fingerprint density at radius 2 is 2.11 bits per heavy atom. The van der Waals surface area contributed by atoms with E-state index in [4.69, 9.17) is 11.6 Å². The van der Waals surface area contributed by atoms with Crippen LogP contribution in [-0.2, 0) is 0 Å². The van der Waals surface area contributed by atoms with Gasteiger partial charge in [-0.3, -0.25) is 0 Å². The molecule has 0 saturated heterocycles. The van der Waals surface area contributed by atoms with E-state index in [0.29, 0.717) is 0 Å². The van der Waals surface area contributed by atoms with Crippen LogP contribution in [0.25, 0.3) is 0 Å². The van der Waals surface area contributed by atoms with Crippen LogP contribution in [0.2, 0.25) is 5.02 Å². The summed E-state index contributed by atoms with van der Waals surface area (Å²) in [6.45, 7) is 2.03. The van der Waals surface area contributed by atoms with Crippen LogP contribution in [-0.4, -0.2) is 7.85 Å². The van der Waals surface area contributed by atoms with Gasteiger partial charge in [-0.2, -0.15) is 0 Å². The fourth-order valence-corrected chi connectivity index (χ4v) is 0.937. The van der Waals surface area contributed by atoms with Crippen molar-refractivity contribution in [2.24, 2.45) is 0 Å². The van der Waals surface area contributed by atoms with Crippen LogP contribution in [0.4, 0.5) is 0 Å². The van der Waals surface area contributed by atoms with Crippen LogP contribution in [0.5, 0.6) is 0 Å². The summed E-state index contributed by atoms with van der Waals surface area (Å²) in [4.78, 5) is 0. The molecular formula is C7H8BCl. The molecule has 0 bridgehead atoms. The summed E-state index contributed by atoms with van der Waals surface area (Å²) in [5.41, 5.74) is 2.43. The molecule has 0 aromatic heterocycles. The van der Waals surface area contributed by atoms with Crippen LogP contribution in [0.15, 0.2) is 18.2 Å². The standard InChI is InChI=1S/C7H8BCl/c1-5-6(8)3-2-4-7(5)9/h2-4H,8H2,1H3. The van der Waals surface area contributed by atoms with Crippen LogP contribution >= 0.6 is 11.6 Å². The number of hydrogen-bond acceptors (Lipinski definition) is 0. The third-order valence-electron chi connectivity index (χ3n) is 1.54. The van der Waals surface area contributed by atoms with Gasteiger partial charge in [-0.05, 0) is 18.6 Å². The molecule has 1 aromatic rings. The van der Waals surface area contributed by atoms with E-state index in [1.54, 1.807) is 0 Å². The number of halogens is 1. The zero-order valence-electron chi connectivity index (χ0n) is 5.61. The van der Waals surface area contributed by atoms with Gasteiger partial charge in [0.15, 0.2) is 0 Å². The Balaban J connectivity index is 3.25. The van der Waals surface area contributed by atoms with E-state index in [0.717, 1.165) is 5.02 Å². The highest BCUT2D eigenvalue weighted by molar-refractivity contribution is 6.37. The predicted octanol–water partition coefficient (Wildman–Crippen LogP) is 0.907. The quantitative estimate of drug-likeness (QED) is 0.468. The highest BCUT2D eigenvalue weighted by Gasteiger charge is 1.93. The van der Waals surface area contributed by atoms with Crippen LogP contribution in [0.3, 0.4) is 0 Å². The first-order valence-corrected chi connectivity index (χ1v) is 3.31. The van der Waals surface area contributed by atoms with E-state index in [2.05, 4.69) is 13.9 Å². The van der Waals surface area contributed by atoms with Gasteiger partial charge in [-0.15, -0.1) is 0 Å². The normalized spacial score (nSPS) is 9.56. The van der Waals surface area contributed by atoms with Crippen molar-refractivity contribution < 1.29 is 0 Å². The summed E-state index contributed by atoms with van der Waals surface area (Å²) < 4.78 is 0. The molecular weight excluding hydrogens is 130 g/mol. The zero-order chi connectivity index (χ0) is 6.85. The summed E-state index contributed by atoms with van der Waals surface area (Å²) in [5, 5.41) is 0.856. The SMILES string of the molecule is Bc1cccc(Cl)c1C. The van der Waals surface area contributed by atoms with Gasteiger partial charge in [0.1, 0.15) is 7.85 Å². The predicted molar refractivity (Wildman–Crippen MR) is 44.4 cm³/mol. The zero-order valence-corrected chi connectivity index (χ0v) is 6.37. The highest BCUT2D eigenvalue weighted by atomic mass is 35.5. The summed E-state index contributed by atoms with van der Waals surface area (Å²) in [5.74, 6) is 0. The van der Waals surface area contributed by atoms with Crippen LogP contribution < -0.4 is 5.46 Å². The molecule has 0 spiro atoms. The van der Waals surface area contributed by atoms with E-state index in [1.165, 1.54) is 11.0 Å². The number of hydrogen-bond donors (Lipinski definition) is 0. The van der Waals surface area contributed by atoms with Crippen LogP contribution in [0, 0.1) is 6.92 Å². The summed E-state index contributed by atoms with van der Waals surface area (Å²) in [6, 6.07) is 5.93. The van der Waals surface area contributed by atoms with Gasteiger partial charge >= 0.3 is 0 Å². The largest absolute Gasteiger partial charge is 0.139 e. The lowest BCUT2D eigenvalue weighted by Gasteiger charge is -1.99. The van der Waals surface area contributed by atoms with Crippen molar-refractivity contribution in [3.8, 4) is 0 Å². The highest BCUT2D eigenvalue weighted by Crippen LogP contribution is 2.09. The van der Waals surface area contributed by atoms with Crippen molar-refractivity contribution in [1.82, 2.24) is 0 Å². The molecule has 0 unspecified atom stereocenters. The third-order valence-corrected chi connectivity index (χ3v) is 1.95.